The number of aliphatic hydroxyl groups is 1. The molecule has 1 aromatic rings. The van der Waals surface area contributed by atoms with E-state index in [1.165, 1.54) is 32.1 Å². The van der Waals surface area contributed by atoms with E-state index < -0.39 is 38.7 Å². The molecule has 0 bridgehead atoms. The Bertz CT molecular complexity index is 1390. The van der Waals surface area contributed by atoms with Gasteiger partial charge in [-0.25, -0.2) is 0 Å². The predicted octanol–water partition coefficient (Wildman–Crippen LogP) is 4.25. The van der Waals surface area contributed by atoms with Gasteiger partial charge in [-0.05, 0) is 82.8 Å². The van der Waals surface area contributed by atoms with Gasteiger partial charge in [-0.15, -0.1) is 10.8 Å². The molecule has 15 nitrogen and oxygen atoms in total. The van der Waals surface area contributed by atoms with Crippen LogP contribution in [0.2, 0.25) is 0 Å². The van der Waals surface area contributed by atoms with Crippen molar-refractivity contribution in [3.63, 3.8) is 0 Å². The Morgan fingerprint density at radius 2 is 1.46 bits per heavy atom. The molecule has 300 valence electrons. The number of rotatable bonds is 26. The molecule has 0 spiro atoms. The average Bonchev–Trinajstić information content (AvgIpc) is 3.08. The minimum atomic E-state index is -4.03. The first-order valence-corrected chi connectivity index (χ1v) is 21.1. The van der Waals surface area contributed by atoms with Crippen LogP contribution in [0.4, 0.5) is 5.69 Å². The molecule has 0 unspecified atom stereocenters. The van der Waals surface area contributed by atoms with E-state index in [2.05, 4.69) is 72.4 Å². The number of ether oxygens (including phenoxy) is 3. The maximum absolute atomic E-state index is 12.7. The molecule has 7 N–H and O–H groups in total. The second-order valence-corrected chi connectivity index (χ2v) is 18.4. The average molecular weight is 776 g/mol. The lowest BCUT2D eigenvalue weighted by Crippen LogP contribution is -2.63. The summed E-state index contributed by atoms with van der Waals surface area (Å²) < 4.78 is 50.8. The fourth-order valence-corrected chi connectivity index (χ4v) is 10.0. The monoisotopic (exact) mass is 775 g/mol. The van der Waals surface area contributed by atoms with Gasteiger partial charge in [-0.1, -0.05) is 39.0 Å². The first-order valence-electron chi connectivity index (χ1n) is 17.9. The standard InChI is InChI=1S/C35H63N6O9S2/c1-7-9-10-11-12-13-18-46-19-20-47-21-22-48-23-24-49-52(8-2,50-28-42,27-37-51(36)45)31-16-14-29(15-17-31)39-40-33(44)32(43)38-30-25-34(3,4)41-35(5,6)26-30/h14-17,30,39,41-42H,2,7,9-13,18-28H2,1,3-6H3,(H,38,43)(H,40,44)(H2,36,37,45)/q-1. The number of benzene rings is 1. The number of amides is 2. The fraction of sp³-hybridized carbons (Fsp3) is 0.714. The molecular weight excluding hydrogens is 713 g/mol. The summed E-state index contributed by atoms with van der Waals surface area (Å²) in [6, 6.07) is 6.20. The predicted molar refractivity (Wildman–Crippen MR) is 206 cm³/mol. The van der Waals surface area contributed by atoms with E-state index in [4.69, 9.17) is 27.4 Å². The van der Waals surface area contributed by atoms with Gasteiger partial charge in [0.25, 0.3) is 0 Å². The Balaban J connectivity index is 1.92. The van der Waals surface area contributed by atoms with E-state index >= 15 is 0 Å². The fourth-order valence-electron chi connectivity index (χ4n) is 6.30. The maximum Gasteiger partial charge on any atom is 0.327 e. The summed E-state index contributed by atoms with van der Waals surface area (Å²) >= 11 is 0. The molecule has 0 aromatic heterocycles. The summed E-state index contributed by atoms with van der Waals surface area (Å²) in [4.78, 5) is 25.7. The molecule has 2 amide bonds. The van der Waals surface area contributed by atoms with E-state index in [9.17, 15) is 18.9 Å². The van der Waals surface area contributed by atoms with Crippen LogP contribution in [0.5, 0.6) is 0 Å². The second-order valence-electron chi connectivity index (χ2n) is 14.0. The van der Waals surface area contributed by atoms with Crippen molar-refractivity contribution >= 4 is 42.6 Å². The number of hydrazine groups is 1. The van der Waals surface area contributed by atoms with Crippen LogP contribution in [-0.2, 0) is 47.2 Å². The number of aliphatic hydroxyl groups excluding tert-OH is 1. The van der Waals surface area contributed by atoms with E-state index in [0.717, 1.165) is 13.0 Å². The highest BCUT2D eigenvalue weighted by Gasteiger charge is 2.38. The van der Waals surface area contributed by atoms with E-state index in [1.54, 1.807) is 24.3 Å². The van der Waals surface area contributed by atoms with Gasteiger partial charge in [0, 0.05) is 23.7 Å². The molecule has 0 saturated carbocycles. The Morgan fingerprint density at radius 1 is 0.904 bits per heavy atom. The molecule has 0 aliphatic carbocycles. The zero-order chi connectivity index (χ0) is 38.5. The van der Waals surface area contributed by atoms with Gasteiger partial charge >= 0.3 is 11.8 Å². The zero-order valence-electron chi connectivity index (χ0n) is 31.6. The third-order valence-electron chi connectivity index (χ3n) is 8.38. The van der Waals surface area contributed by atoms with Crippen molar-refractivity contribution in [2.45, 2.75) is 108 Å². The largest absolute Gasteiger partial charge is 0.430 e. The van der Waals surface area contributed by atoms with Gasteiger partial charge in [0.05, 0.1) is 56.1 Å². The number of carbonyl (C=O) groups is 2. The molecular formula is C35H63N6O9S2-. The molecule has 1 aliphatic rings. The molecule has 1 aliphatic heterocycles. The summed E-state index contributed by atoms with van der Waals surface area (Å²) in [6.45, 7) is 16.0. The second kappa shape index (κ2) is 22.7. The Morgan fingerprint density at radius 3 is 2.02 bits per heavy atom. The van der Waals surface area contributed by atoms with Gasteiger partial charge in [0.1, 0.15) is 0 Å². The quantitative estimate of drug-likeness (QED) is 0.0177. The molecule has 1 heterocycles. The Labute approximate surface area is 312 Å². The Kier molecular flexibility index (Phi) is 20.0. The molecule has 0 radical (unpaired) electrons. The SMILES string of the molecule is C=C=S(CN[S-](=N)=O)(OCO)(OCCOCCOCCOCCCCCCCC)c1ccc(NNC(=O)C(=O)NC2CC(C)(C)NC(C)(C)C2)cc1. The third-order valence-corrected chi connectivity index (χ3v) is 12.7. The molecule has 52 heavy (non-hydrogen) atoms. The van der Waals surface area contributed by atoms with E-state index in [1.807, 2.05) is 0 Å². The number of hydrogen-bond donors (Lipinski definition) is 7. The summed E-state index contributed by atoms with van der Waals surface area (Å²) in [6.07, 6.45) is 8.65. The van der Waals surface area contributed by atoms with Crippen molar-refractivity contribution in [2.75, 3.05) is 64.3 Å². The topological polar surface area (TPSA) is 202 Å². The highest BCUT2D eigenvalue weighted by Crippen LogP contribution is 2.65. The van der Waals surface area contributed by atoms with E-state index in [0.29, 0.717) is 49.9 Å². The molecule has 1 fully saturated rings. The number of piperidine rings is 1. The van der Waals surface area contributed by atoms with Crippen LogP contribution in [0.1, 0.15) is 86.0 Å². The Hall–Kier alpha value is -2.41. The van der Waals surface area contributed by atoms with Crippen molar-refractivity contribution in [1.82, 2.24) is 20.8 Å². The van der Waals surface area contributed by atoms with Crippen LogP contribution in [-0.4, -0.2) is 98.0 Å². The number of hydrogen-bond acceptors (Lipinski definition) is 13. The van der Waals surface area contributed by atoms with Crippen molar-refractivity contribution in [3.05, 3.63) is 30.8 Å². The van der Waals surface area contributed by atoms with Crippen molar-refractivity contribution in [2.24, 2.45) is 0 Å². The lowest BCUT2D eigenvalue weighted by molar-refractivity contribution is -0.139. The highest BCUT2D eigenvalue weighted by atomic mass is 32.3. The number of anilines is 1. The van der Waals surface area contributed by atoms with Gasteiger partial charge in [0.15, 0.2) is 6.79 Å². The minimum absolute atomic E-state index is 0.0192. The molecule has 2 rings (SSSR count). The smallest absolute Gasteiger partial charge is 0.327 e. The van der Waals surface area contributed by atoms with Gasteiger partial charge in [-0.2, -0.15) is 9.31 Å². The van der Waals surface area contributed by atoms with Crippen LogP contribution < -0.4 is 26.2 Å². The minimum Gasteiger partial charge on any atom is -0.430 e. The molecule has 1 saturated heterocycles. The van der Waals surface area contributed by atoms with Crippen LogP contribution in [0, 0.1) is 4.78 Å². The number of carbonyl (C=O) groups excluding carboxylic acids is 2. The van der Waals surface area contributed by atoms with Crippen LogP contribution in [0.25, 0.3) is 0 Å². The van der Waals surface area contributed by atoms with Gasteiger partial charge < -0.3 is 43.7 Å². The number of unbranched alkanes of at least 4 members (excludes halogenated alkanes) is 5. The summed E-state index contributed by atoms with van der Waals surface area (Å²) in [7, 11) is -6.23. The highest BCUT2D eigenvalue weighted by molar-refractivity contribution is 8.39. The molecule has 1 aromatic carbocycles. The normalized spacial score (nSPS) is 16.5. The summed E-state index contributed by atoms with van der Waals surface area (Å²) in [5.74, 6) is -1.91. The van der Waals surface area contributed by atoms with Crippen LogP contribution in [0.15, 0.2) is 35.7 Å². The molecule has 0 atom stereocenters. The lowest BCUT2D eigenvalue weighted by atomic mass is 9.79. The first kappa shape index (κ1) is 45.7. The number of nitrogens with one attached hydrogen (secondary N) is 6. The summed E-state index contributed by atoms with van der Waals surface area (Å²) in [5.41, 5.74) is 5.16. The van der Waals surface area contributed by atoms with Crippen molar-refractivity contribution in [3.8, 4) is 0 Å². The van der Waals surface area contributed by atoms with Gasteiger partial charge in [0.2, 0.25) is 0 Å². The maximum atomic E-state index is 12.7. The molecule has 17 heteroatoms. The van der Waals surface area contributed by atoms with Crippen molar-refractivity contribution in [1.29, 1.82) is 4.78 Å². The van der Waals surface area contributed by atoms with Crippen LogP contribution in [0.3, 0.4) is 0 Å². The summed E-state index contributed by atoms with van der Waals surface area (Å²) in [5, 5.41) is 19.1. The van der Waals surface area contributed by atoms with Gasteiger partial charge in [-0.3, -0.25) is 28.8 Å². The van der Waals surface area contributed by atoms with Crippen molar-refractivity contribution < 1.29 is 41.5 Å². The third kappa shape index (κ3) is 15.9. The first-order chi connectivity index (χ1) is 24.7. The van der Waals surface area contributed by atoms with Crippen LogP contribution >= 0.6 is 9.31 Å². The lowest BCUT2D eigenvalue weighted by Gasteiger charge is -2.52. The van der Waals surface area contributed by atoms with E-state index in [-0.39, 0.29) is 36.2 Å². The zero-order valence-corrected chi connectivity index (χ0v) is 33.3.